The van der Waals surface area contributed by atoms with Crippen molar-refractivity contribution in [3.63, 3.8) is 0 Å². The second kappa shape index (κ2) is 15.3. The zero-order valence-electron chi connectivity index (χ0n) is 29.9. The van der Waals surface area contributed by atoms with Crippen LogP contribution < -0.4 is 15.1 Å². The van der Waals surface area contributed by atoms with Gasteiger partial charge in [-0.15, -0.1) is 0 Å². The summed E-state index contributed by atoms with van der Waals surface area (Å²) in [4.78, 5) is 52.3. The predicted molar refractivity (Wildman–Crippen MR) is 192 cm³/mol. The first-order valence-electron chi connectivity index (χ1n) is 17.4. The van der Waals surface area contributed by atoms with E-state index >= 15 is 4.39 Å². The molecule has 16 heteroatoms. The fourth-order valence-electron chi connectivity index (χ4n) is 7.41. The van der Waals surface area contributed by atoms with Gasteiger partial charge in [-0.2, -0.15) is 18.4 Å². The number of piperazine rings is 1. The maximum atomic E-state index is 15.7. The van der Waals surface area contributed by atoms with E-state index in [1.54, 1.807) is 26.8 Å². The van der Waals surface area contributed by atoms with Gasteiger partial charge in [-0.1, -0.05) is 43.0 Å². The highest BCUT2D eigenvalue weighted by Crippen LogP contribution is 2.38. The molecule has 1 N–H and O–H groups in total. The minimum Gasteiger partial charge on any atom is -0.445 e. The molecule has 3 amide bonds. The van der Waals surface area contributed by atoms with E-state index in [-0.39, 0.29) is 68.0 Å². The van der Waals surface area contributed by atoms with Crippen molar-refractivity contribution < 1.29 is 36.7 Å². The Morgan fingerprint density at radius 2 is 1.83 bits per heavy atom. The van der Waals surface area contributed by atoms with Gasteiger partial charge in [-0.25, -0.2) is 14.2 Å². The molecule has 12 nitrogen and oxygen atoms in total. The molecule has 4 heterocycles. The Kier molecular flexibility index (Phi) is 10.8. The molecule has 284 valence electrons. The first kappa shape index (κ1) is 38.0. The summed E-state index contributed by atoms with van der Waals surface area (Å²) in [5, 5.41) is 12.5. The number of nitrogens with zero attached hydrogens (tertiary/aromatic N) is 7. The third-order valence-electron chi connectivity index (χ3n) is 10.1. The van der Waals surface area contributed by atoms with Crippen molar-refractivity contribution in [2.45, 2.75) is 37.7 Å². The fourth-order valence-corrected chi connectivity index (χ4v) is 7.41. The molecular weight excluding hydrogens is 708 g/mol. The number of fused-ring (bicyclic) bond motifs is 1. The zero-order valence-corrected chi connectivity index (χ0v) is 29.9. The molecular formula is C38H40F4N8O4. The van der Waals surface area contributed by atoms with Crippen LogP contribution in [-0.4, -0.2) is 109 Å². The second-order valence-electron chi connectivity index (χ2n) is 13.7. The lowest BCUT2D eigenvalue weighted by molar-refractivity contribution is -0.145. The summed E-state index contributed by atoms with van der Waals surface area (Å²) in [5.41, 5.74) is -1.30. The van der Waals surface area contributed by atoms with Crippen molar-refractivity contribution in [2.75, 3.05) is 74.5 Å². The van der Waals surface area contributed by atoms with Gasteiger partial charge in [0, 0.05) is 65.1 Å². The smallest absolute Gasteiger partial charge is 0.417 e. The summed E-state index contributed by atoms with van der Waals surface area (Å²) in [6, 6.07) is 14.9. The van der Waals surface area contributed by atoms with Gasteiger partial charge in [0.25, 0.3) is 0 Å². The molecule has 0 bridgehead atoms. The predicted octanol–water partition coefficient (Wildman–Crippen LogP) is 4.79. The fraction of sp³-hybridized carbons (Fsp3) is 0.395. The number of benzene rings is 2. The van der Waals surface area contributed by atoms with E-state index in [0.29, 0.717) is 26.2 Å². The van der Waals surface area contributed by atoms with Crippen molar-refractivity contribution in [1.82, 2.24) is 19.7 Å². The Hall–Kier alpha value is -5.69. The van der Waals surface area contributed by atoms with Gasteiger partial charge in [0.15, 0.2) is 0 Å². The maximum absolute atomic E-state index is 15.7. The number of aryl methyl sites for hydroxylation is 1. The van der Waals surface area contributed by atoms with Gasteiger partial charge in [0.2, 0.25) is 11.8 Å². The highest BCUT2D eigenvalue weighted by Gasteiger charge is 2.54. The average Bonchev–Trinajstić information content (AvgIpc) is 3.14. The van der Waals surface area contributed by atoms with Crippen LogP contribution in [0.3, 0.4) is 0 Å². The number of hydrogen-bond donors (Lipinski definition) is 1. The third kappa shape index (κ3) is 7.67. The van der Waals surface area contributed by atoms with E-state index in [9.17, 15) is 32.8 Å². The van der Waals surface area contributed by atoms with E-state index in [4.69, 9.17) is 4.74 Å². The number of halogens is 4. The summed E-state index contributed by atoms with van der Waals surface area (Å²) in [7, 11) is 1.46. The van der Waals surface area contributed by atoms with Crippen LogP contribution in [0, 0.1) is 24.1 Å². The number of para-hydroxylation sites is 1. The van der Waals surface area contributed by atoms with Crippen LogP contribution in [0.2, 0.25) is 0 Å². The van der Waals surface area contributed by atoms with Crippen molar-refractivity contribution in [2.24, 2.45) is 0 Å². The lowest BCUT2D eigenvalue weighted by Crippen LogP contribution is -2.78. The molecule has 1 spiro atoms. The second-order valence-corrected chi connectivity index (χ2v) is 13.7. The van der Waals surface area contributed by atoms with E-state index < -0.39 is 46.7 Å². The molecule has 54 heavy (non-hydrogen) atoms. The van der Waals surface area contributed by atoms with Crippen molar-refractivity contribution in [1.29, 1.82) is 5.26 Å². The number of anilines is 3. The monoisotopic (exact) mass is 748 g/mol. The molecule has 1 aromatic heterocycles. The largest absolute Gasteiger partial charge is 0.445 e. The third-order valence-corrected chi connectivity index (χ3v) is 10.1. The molecule has 2 aromatic carbocycles. The zero-order chi connectivity index (χ0) is 38.8. The normalized spacial score (nSPS) is 18.6. The lowest BCUT2D eigenvalue weighted by Gasteiger charge is -2.59. The number of aromatic nitrogens is 1. The van der Waals surface area contributed by atoms with Crippen LogP contribution in [0.4, 0.5) is 39.5 Å². The first-order chi connectivity index (χ1) is 25.7. The Balaban J connectivity index is 1.21. The van der Waals surface area contributed by atoms with Gasteiger partial charge in [-0.05, 0) is 43.2 Å². The van der Waals surface area contributed by atoms with Crippen molar-refractivity contribution in [3.05, 3.63) is 95.5 Å². The van der Waals surface area contributed by atoms with Crippen LogP contribution in [0.5, 0.6) is 0 Å². The van der Waals surface area contributed by atoms with E-state index in [1.165, 1.54) is 37.1 Å². The minimum absolute atomic E-state index is 0.00952. The number of likely N-dealkylation sites (N-methyl/N-ethyl adjacent to an activating group) is 1. The number of carbonyl (C=O) groups is 3. The number of likely N-dealkylation sites (tertiary alicyclic amines) is 1. The maximum Gasteiger partial charge on any atom is 0.417 e. The van der Waals surface area contributed by atoms with Crippen LogP contribution in [0.1, 0.15) is 28.8 Å². The Morgan fingerprint density at radius 1 is 1.09 bits per heavy atom. The molecule has 3 aliphatic heterocycles. The number of rotatable bonds is 8. The summed E-state index contributed by atoms with van der Waals surface area (Å²) in [6.45, 7) is 7.64. The molecule has 0 aliphatic carbocycles. The topological polar surface area (TPSA) is 125 Å². The highest BCUT2D eigenvalue weighted by molar-refractivity contribution is 6.01. The average molecular weight is 749 g/mol. The van der Waals surface area contributed by atoms with Crippen LogP contribution in [0.25, 0.3) is 0 Å². The van der Waals surface area contributed by atoms with Gasteiger partial charge in [-0.3, -0.25) is 19.4 Å². The number of alkyl halides is 3. The standard InChI is InChI=1S/C38H40F4N8O4/c1-4-32(51)49-23-37(24-49)22-47(16-18-50(37)36(53)54-21-26-9-6-5-7-10-26)15-17-48-14-13-30(35(52)46(3)31-12-8-11-29(39)33(31)48)45-34-27(20-43)28(38(40,41)42)19-25(2)44-34/h4-12,19,30H,1,13-18,21-24H2,2-3H3,(H,44,45)/t30-/m0/s1. The summed E-state index contributed by atoms with van der Waals surface area (Å²) < 4.78 is 62.9. The summed E-state index contributed by atoms with van der Waals surface area (Å²) in [6.07, 6.45) is -4.03. The molecule has 2 saturated heterocycles. The van der Waals surface area contributed by atoms with Gasteiger partial charge in [0.1, 0.15) is 35.9 Å². The molecule has 6 rings (SSSR count). The molecule has 3 aromatic rings. The number of carbonyl (C=O) groups excluding carboxylic acids is 3. The molecule has 0 unspecified atom stereocenters. The van der Waals surface area contributed by atoms with E-state index in [1.807, 2.05) is 30.3 Å². The Labute approximate surface area is 310 Å². The minimum atomic E-state index is -4.82. The molecule has 0 saturated carbocycles. The Bertz CT molecular complexity index is 1960. The number of amides is 3. The summed E-state index contributed by atoms with van der Waals surface area (Å²) in [5.74, 6) is -1.70. The van der Waals surface area contributed by atoms with Gasteiger partial charge < -0.3 is 24.8 Å². The van der Waals surface area contributed by atoms with Crippen LogP contribution in [-0.2, 0) is 27.1 Å². The SMILES string of the molecule is C=CC(=O)N1CC2(CN(CCN3CC[C@H](Nc4nc(C)cc(C(F)(F)F)c4C#N)C(=O)N(C)c4cccc(F)c43)CCN2C(=O)OCc2ccccc2)C1. The molecule has 2 fully saturated rings. The number of nitriles is 1. The molecule has 0 radical (unpaired) electrons. The van der Waals surface area contributed by atoms with E-state index in [2.05, 4.69) is 21.8 Å². The van der Waals surface area contributed by atoms with Crippen molar-refractivity contribution >= 4 is 35.1 Å². The number of nitrogens with one attached hydrogen (secondary N) is 1. The quantitative estimate of drug-likeness (QED) is 0.256. The van der Waals surface area contributed by atoms with Gasteiger partial charge >= 0.3 is 12.3 Å². The van der Waals surface area contributed by atoms with Crippen molar-refractivity contribution in [3.8, 4) is 6.07 Å². The van der Waals surface area contributed by atoms with Crippen LogP contribution >= 0.6 is 0 Å². The highest BCUT2D eigenvalue weighted by atomic mass is 19.4. The van der Waals surface area contributed by atoms with Gasteiger partial charge in [0.05, 0.1) is 22.5 Å². The molecule has 3 aliphatic rings. The van der Waals surface area contributed by atoms with Crippen LogP contribution in [0.15, 0.2) is 67.3 Å². The Morgan fingerprint density at radius 3 is 2.52 bits per heavy atom. The number of hydrogen-bond acceptors (Lipinski definition) is 9. The van der Waals surface area contributed by atoms with E-state index in [0.717, 1.165) is 11.6 Å². The number of ether oxygens (including phenoxy) is 1. The summed E-state index contributed by atoms with van der Waals surface area (Å²) >= 11 is 0. The molecule has 1 atom stereocenters. The first-order valence-corrected chi connectivity index (χ1v) is 17.4. The lowest BCUT2D eigenvalue weighted by atomic mass is 9.85. The number of pyridine rings is 1.